The number of halogens is 1. The van der Waals surface area contributed by atoms with Crippen LogP contribution in [0.5, 0.6) is 0 Å². The normalized spacial score (nSPS) is 16.4. The molecule has 0 aliphatic carbocycles. The summed E-state index contributed by atoms with van der Waals surface area (Å²) in [7, 11) is 0. The van der Waals surface area contributed by atoms with Gasteiger partial charge in [0.1, 0.15) is 6.07 Å². The number of hydrogen-bond donors (Lipinski definition) is 1. The molecule has 1 aromatic carbocycles. The lowest BCUT2D eigenvalue weighted by Crippen LogP contribution is -2.37. The van der Waals surface area contributed by atoms with Crippen LogP contribution in [-0.2, 0) is 0 Å². The Bertz CT molecular complexity index is 459. The summed E-state index contributed by atoms with van der Waals surface area (Å²) in [6, 6.07) is 7.82. The predicted molar refractivity (Wildman–Crippen MR) is 79.6 cm³/mol. The molecule has 4 heteroatoms. The van der Waals surface area contributed by atoms with E-state index in [-0.39, 0.29) is 0 Å². The average Bonchev–Trinajstić information content (AvgIpc) is 2.45. The van der Waals surface area contributed by atoms with Crippen molar-refractivity contribution in [3.8, 4) is 6.07 Å². The molecule has 1 heterocycles. The lowest BCUT2D eigenvalue weighted by atomic mass is 9.96. The maximum Gasteiger partial charge on any atom is 0.101 e. The third-order valence-corrected chi connectivity index (χ3v) is 3.95. The molecule has 1 N–H and O–H groups in total. The lowest BCUT2D eigenvalue weighted by Gasteiger charge is -2.34. The zero-order valence-electron chi connectivity index (χ0n) is 11.3. The fourth-order valence-electron chi connectivity index (χ4n) is 2.60. The Labute approximate surface area is 120 Å². The molecule has 19 heavy (non-hydrogen) atoms. The first-order valence-electron chi connectivity index (χ1n) is 6.90. The van der Waals surface area contributed by atoms with Gasteiger partial charge in [0.15, 0.2) is 0 Å². The molecule has 0 spiro atoms. The van der Waals surface area contributed by atoms with Gasteiger partial charge in [0.2, 0.25) is 0 Å². The zero-order valence-corrected chi connectivity index (χ0v) is 12.1. The van der Waals surface area contributed by atoms with Crippen molar-refractivity contribution in [2.75, 3.05) is 31.1 Å². The van der Waals surface area contributed by atoms with Crippen LogP contribution in [0.1, 0.15) is 25.3 Å². The van der Waals surface area contributed by atoms with Gasteiger partial charge in [-0.3, -0.25) is 0 Å². The summed E-state index contributed by atoms with van der Waals surface area (Å²) >= 11 is 5.94. The number of rotatable bonds is 4. The highest BCUT2D eigenvalue weighted by molar-refractivity contribution is 6.30. The molecule has 3 nitrogen and oxygen atoms in total. The van der Waals surface area contributed by atoms with E-state index in [0.29, 0.717) is 10.6 Å². The van der Waals surface area contributed by atoms with Crippen LogP contribution in [-0.4, -0.2) is 26.2 Å². The first kappa shape index (κ1) is 14.2. The van der Waals surface area contributed by atoms with Crippen molar-refractivity contribution in [1.29, 1.82) is 5.26 Å². The van der Waals surface area contributed by atoms with Crippen LogP contribution in [0.15, 0.2) is 18.2 Å². The van der Waals surface area contributed by atoms with E-state index >= 15 is 0 Å². The fraction of sp³-hybridized carbons (Fsp3) is 0.533. The summed E-state index contributed by atoms with van der Waals surface area (Å²) in [6.07, 6.45) is 2.36. The van der Waals surface area contributed by atoms with E-state index in [1.54, 1.807) is 6.07 Å². The van der Waals surface area contributed by atoms with Crippen molar-refractivity contribution in [3.05, 3.63) is 28.8 Å². The smallest absolute Gasteiger partial charge is 0.101 e. The molecule has 1 aliphatic heterocycles. The minimum absolute atomic E-state index is 0.627. The molecule has 0 bridgehead atoms. The van der Waals surface area contributed by atoms with Gasteiger partial charge in [-0.1, -0.05) is 18.5 Å². The molecule has 102 valence electrons. The molecule has 0 radical (unpaired) electrons. The summed E-state index contributed by atoms with van der Waals surface area (Å²) < 4.78 is 0. The number of nitriles is 1. The number of nitrogens with zero attached hydrogens (tertiary/aromatic N) is 2. The number of piperidine rings is 1. The zero-order chi connectivity index (χ0) is 13.7. The average molecular weight is 278 g/mol. The van der Waals surface area contributed by atoms with Gasteiger partial charge >= 0.3 is 0 Å². The van der Waals surface area contributed by atoms with Gasteiger partial charge in [-0.2, -0.15) is 5.26 Å². The highest BCUT2D eigenvalue weighted by atomic mass is 35.5. The molecule has 1 fully saturated rings. The Morgan fingerprint density at radius 2 is 2.16 bits per heavy atom. The van der Waals surface area contributed by atoms with E-state index in [1.807, 2.05) is 12.1 Å². The van der Waals surface area contributed by atoms with Crippen LogP contribution in [0.3, 0.4) is 0 Å². The van der Waals surface area contributed by atoms with Crippen molar-refractivity contribution in [2.24, 2.45) is 5.92 Å². The van der Waals surface area contributed by atoms with Crippen LogP contribution in [0.4, 0.5) is 5.69 Å². The molecule has 1 aliphatic rings. The molecule has 1 saturated heterocycles. The number of anilines is 1. The van der Waals surface area contributed by atoms with Crippen molar-refractivity contribution >= 4 is 17.3 Å². The van der Waals surface area contributed by atoms with Crippen molar-refractivity contribution in [2.45, 2.75) is 19.8 Å². The summed E-state index contributed by atoms with van der Waals surface area (Å²) in [5, 5.41) is 13.2. The number of nitrogens with one attached hydrogen (secondary N) is 1. The van der Waals surface area contributed by atoms with Crippen LogP contribution in [0.25, 0.3) is 0 Å². The van der Waals surface area contributed by atoms with Crippen molar-refractivity contribution in [1.82, 2.24) is 5.32 Å². The summed E-state index contributed by atoms with van der Waals surface area (Å²) in [5.41, 5.74) is 1.70. The second kappa shape index (κ2) is 6.79. The Morgan fingerprint density at radius 3 is 2.79 bits per heavy atom. The third-order valence-electron chi connectivity index (χ3n) is 3.72. The SMILES string of the molecule is CCNCC1CCN(c2ccc(Cl)cc2C#N)CC1. The Hall–Kier alpha value is -1.24. The summed E-state index contributed by atoms with van der Waals surface area (Å²) in [4.78, 5) is 2.30. The van der Waals surface area contributed by atoms with Gasteiger partial charge in [-0.05, 0) is 50.0 Å². The van der Waals surface area contributed by atoms with Gasteiger partial charge in [-0.25, -0.2) is 0 Å². The van der Waals surface area contributed by atoms with Crippen LogP contribution < -0.4 is 10.2 Å². The predicted octanol–water partition coefficient (Wildman–Crippen LogP) is 3.04. The van der Waals surface area contributed by atoms with E-state index in [9.17, 15) is 5.26 Å². The Balaban J connectivity index is 2.00. The highest BCUT2D eigenvalue weighted by Gasteiger charge is 2.20. The van der Waals surface area contributed by atoms with Crippen LogP contribution >= 0.6 is 11.6 Å². The topological polar surface area (TPSA) is 39.1 Å². The molecule has 0 amide bonds. The van der Waals surface area contributed by atoms with Gasteiger partial charge < -0.3 is 10.2 Å². The Morgan fingerprint density at radius 1 is 1.42 bits per heavy atom. The molecule has 0 unspecified atom stereocenters. The fourth-order valence-corrected chi connectivity index (χ4v) is 2.77. The maximum atomic E-state index is 9.20. The lowest BCUT2D eigenvalue weighted by molar-refractivity contribution is 0.386. The van der Waals surface area contributed by atoms with Gasteiger partial charge in [0, 0.05) is 18.1 Å². The Kier molecular flexibility index (Phi) is 5.07. The molecule has 0 saturated carbocycles. The highest BCUT2D eigenvalue weighted by Crippen LogP contribution is 2.27. The van der Waals surface area contributed by atoms with Crippen molar-refractivity contribution in [3.63, 3.8) is 0 Å². The molecule has 2 rings (SSSR count). The minimum Gasteiger partial charge on any atom is -0.370 e. The summed E-state index contributed by atoms with van der Waals surface area (Å²) in [6.45, 7) is 6.33. The summed E-state index contributed by atoms with van der Waals surface area (Å²) in [5.74, 6) is 0.758. The molecular weight excluding hydrogens is 258 g/mol. The van der Waals surface area contributed by atoms with Crippen LogP contribution in [0.2, 0.25) is 5.02 Å². The minimum atomic E-state index is 0.627. The van der Waals surface area contributed by atoms with Gasteiger partial charge in [0.05, 0.1) is 11.3 Å². The molecule has 0 aromatic heterocycles. The third kappa shape index (κ3) is 3.62. The quantitative estimate of drug-likeness (QED) is 0.919. The second-order valence-corrected chi connectivity index (χ2v) is 5.45. The molecular formula is C15H20ClN3. The molecule has 1 aromatic rings. The van der Waals surface area contributed by atoms with E-state index < -0.39 is 0 Å². The van der Waals surface area contributed by atoms with E-state index in [0.717, 1.165) is 37.8 Å². The van der Waals surface area contributed by atoms with Gasteiger partial charge in [0.25, 0.3) is 0 Å². The van der Waals surface area contributed by atoms with E-state index in [2.05, 4.69) is 23.2 Å². The standard InChI is InChI=1S/C15H20ClN3/c1-2-18-11-12-5-7-19(8-6-12)15-4-3-14(16)9-13(15)10-17/h3-4,9,12,18H,2,5-8,11H2,1H3. The molecule has 0 atom stereocenters. The van der Waals surface area contributed by atoms with E-state index in [1.165, 1.54) is 12.8 Å². The second-order valence-electron chi connectivity index (χ2n) is 5.01. The van der Waals surface area contributed by atoms with E-state index in [4.69, 9.17) is 11.6 Å². The number of benzene rings is 1. The largest absolute Gasteiger partial charge is 0.370 e. The van der Waals surface area contributed by atoms with Gasteiger partial charge in [-0.15, -0.1) is 0 Å². The van der Waals surface area contributed by atoms with Crippen LogP contribution in [0, 0.1) is 17.2 Å². The number of hydrogen-bond acceptors (Lipinski definition) is 3. The first-order valence-corrected chi connectivity index (χ1v) is 7.27. The maximum absolute atomic E-state index is 9.20. The first-order chi connectivity index (χ1) is 9.24. The monoisotopic (exact) mass is 277 g/mol. The van der Waals surface area contributed by atoms with Crippen molar-refractivity contribution < 1.29 is 0 Å².